The van der Waals surface area contributed by atoms with Gasteiger partial charge < -0.3 is 4.74 Å². The van der Waals surface area contributed by atoms with E-state index in [1.54, 1.807) is 0 Å². The molecule has 0 saturated carbocycles. The smallest absolute Gasteiger partial charge is 0.381 e. The Morgan fingerprint density at radius 2 is 1.50 bits per heavy atom. The van der Waals surface area contributed by atoms with Gasteiger partial charge >= 0.3 is 11.9 Å². The van der Waals surface area contributed by atoms with Gasteiger partial charge in [-0.05, 0) is 0 Å². The van der Waals surface area contributed by atoms with Gasteiger partial charge in [0.2, 0.25) is 5.78 Å². The average molecular weight is 269 g/mol. The number of rotatable bonds is 1. The largest absolute Gasteiger partial charge is 0.387 e. The maximum atomic E-state index is 10.2. The van der Waals surface area contributed by atoms with Crippen molar-refractivity contribution in [1.29, 1.82) is 0 Å². The van der Waals surface area contributed by atoms with Crippen LogP contribution >= 0.6 is 0 Å². The molecule has 0 heterocycles. The first-order valence-electron chi connectivity index (χ1n) is 2.27. The van der Waals surface area contributed by atoms with Crippen LogP contribution in [0.4, 0.5) is 0 Å². The molecule has 0 fully saturated rings. The number of Topliss-reactive ketones (excluding diaryl/α,β-unsaturated/α-hetero) is 1. The average Bonchev–Trinajstić information content (AvgIpc) is 1.63. The van der Waals surface area contributed by atoms with Gasteiger partial charge in [-0.2, -0.15) is 0 Å². The molecule has 53 valence electrons. The van der Waals surface area contributed by atoms with Gasteiger partial charge in [0, 0.05) is 49.4 Å². The summed E-state index contributed by atoms with van der Waals surface area (Å²) in [5.41, 5.74) is 0. The number of hydrogen-bond donors (Lipinski definition) is 0. The Labute approximate surface area is 85.9 Å². The van der Waals surface area contributed by atoms with Gasteiger partial charge in [0.1, 0.15) is 0 Å². The summed E-state index contributed by atoms with van der Waals surface area (Å²) in [7, 11) is 0. The fourth-order valence-electron chi connectivity index (χ4n) is 0.202. The minimum absolute atomic E-state index is 0. The zero-order valence-electron chi connectivity index (χ0n) is 5.71. The van der Waals surface area contributed by atoms with Crippen LogP contribution < -0.4 is 0 Å². The summed E-state index contributed by atoms with van der Waals surface area (Å²) in [6, 6.07) is 0. The second-order valence-electron chi connectivity index (χ2n) is 1.44. The molecule has 0 aromatic carbocycles. The van der Waals surface area contributed by atoms with E-state index in [2.05, 4.69) is 4.74 Å². The standard InChI is InChI=1S/C5H6O4.La/c1-3(6)5(8)9-4(2)7;/h1-2H3;. The summed E-state index contributed by atoms with van der Waals surface area (Å²) in [4.78, 5) is 30.2. The Kier molecular flexibility index (Phi) is 7.30. The van der Waals surface area contributed by atoms with Gasteiger partial charge in [-0.15, -0.1) is 0 Å². The van der Waals surface area contributed by atoms with Crippen molar-refractivity contribution in [3.63, 3.8) is 0 Å². The van der Waals surface area contributed by atoms with E-state index in [0.717, 1.165) is 13.8 Å². The predicted octanol–water partition coefficient (Wildman–Crippen LogP) is -0.335. The molecule has 0 rings (SSSR count). The first-order chi connectivity index (χ1) is 4.04. The molecular formula is C5H6LaO4. The van der Waals surface area contributed by atoms with Gasteiger partial charge in [-0.25, -0.2) is 4.79 Å². The molecule has 0 N–H and O–H groups in total. The fourth-order valence-corrected chi connectivity index (χ4v) is 0.202. The summed E-state index contributed by atoms with van der Waals surface area (Å²) < 4.78 is 3.88. The molecule has 0 aromatic rings. The molecule has 0 amide bonds. The Morgan fingerprint density at radius 3 is 1.60 bits per heavy atom. The predicted molar refractivity (Wildman–Crippen MR) is 27.5 cm³/mol. The third kappa shape index (κ3) is 6.13. The molecule has 10 heavy (non-hydrogen) atoms. The minimum Gasteiger partial charge on any atom is -0.387 e. The first-order valence-corrected chi connectivity index (χ1v) is 2.27. The zero-order chi connectivity index (χ0) is 7.44. The van der Waals surface area contributed by atoms with Crippen LogP contribution in [0, 0.1) is 35.6 Å². The molecule has 0 unspecified atom stereocenters. The molecule has 0 atom stereocenters. The van der Waals surface area contributed by atoms with Crippen LogP contribution in [-0.2, 0) is 19.1 Å². The van der Waals surface area contributed by atoms with E-state index in [4.69, 9.17) is 0 Å². The van der Waals surface area contributed by atoms with E-state index >= 15 is 0 Å². The van der Waals surface area contributed by atoms with E-state index in [-0.39, 0.29) is 35.6 Å². The third-order valence-electron chi connectivity index (χ3n) is 0.524. The van der Waals surface area contributed by atoms with Crippen molar-refractivity contribution in [2.45, 2.75) is 13.8 Å². The van der Waals surface area contributed by atoms with Crippen molar-refractivity contribution in [3.05, 3.63) is 0 Å². The van der Waals surface area contributed by atoms with Gasteiger partial charge in [-0.3, -0.25) is 9.59 Å². The van der Waals surface area contributed by atoms with Crippen LogP contribution in [0.3, 0.4) is 0 Å². The topological polar surface area (TPSA) is 60.4 Å². The number of esters is 2. The SMILES string of the molecule is CC(=O)OC(=O)C(C)=O.[La]. The fraction of sp³-hybridized carbons (Fsp3) is 0.400. The molecule has 1 radical (unpaired) electrons. The number of hydrogen-bond acceptors (Lipinski definition) is 4. The molecule has 0 aliphatic heterocycles. The van der Waals surface area contributed by atoms with Crippen LogP contribution in [0.25, 0.3) is 0 Å². The summed E-state index contributed by atoms with van der Waals surface area (Å²) in [5.74, 6) is -2.65. The van der Waals surface area contributed by atoms with Crippen molar-refractivity contribution in [2.75, 3.05) is 0 Å². The van der Waals surface area contributed by atoms with E-state index in [9.17, 15) is 14.4 Å². The van der Waals surface area contributed by atoms with Gasteiger partial charge in [0.25, 0.3) is 0 Å². The molecule has 0 aliphatic rings. The minimum atomic E-state index is -1.11. The van der Waals surface area contributed by atoms with Crippen molar-refractivity contribution in [2.24, 2.45) is 0 Å². The van der Waals surface area contributed by atoms with Crippen LogP contribution in [0.15, 0.2) is 0 Å². The number of ether oxygens (including phenoxy) is 1. The Bertz CT molecular complexity index is 163. The Morgan fingerprint density at radius 1 is 1.10 bits per heavy atom. The molecule has 0 saturated heterocycles. The van der Waals surface area contributed by atoms with E-state index in [1.165, 1.54) is 0 Å². The van der Waals surface area contributed by atoms with Crippen LogP contribution in [0.5, 0.6) is 0 Å². The number of carbonyl (C=O) groups excluding carboxylic acids is 3. The van der Waals surface area contributed by atoms with Gasteiger partial charge in [0.05, 0.1) is 0 Å². The molecule has 0 aliphatic carbocycles. The third-order valence-corrected chi connectivity index (χ3v) is 0.524. The molecule has 0 bridgehead atoms. The number of ketones is 1. The van der Waals surface area contributed by atoms with Crippen molar-refractivity contribution in [3.8, 4) is 0 Å². The summed E-state index contributed by atoms with van der Waals surface area (Å²) in [6.07, 6.45) is 0. The van der Waals surface area contributed by atoms with Gasteiger partial charge in [-0.1, -0.05) is 0 Å². The van der Waals surface area contributed by atoms with Crippen molar-refractivity contribution < 1.29 is 54.7 Å². The molecule has 0 spiro atoms. The quantitative estimate of drug-likeness (QED) is 0.371. The van der Waals surface area contributed by atoms with Crippen LogP contribution in [0.2, 0.25) is 0 Å². The Balaban J connectivity index is 0. The monoisotopic (exact) mass is 269 g/mol. The van der Waals surface area contributed by atoms with E-state index in [0.29, 0.717) is 0 Å². The summed E-state index contributed by atoms with van der Waals surface area (Å²) >= 11 is 0. The molecule has 0 aromatic heterocycles. The summed E-state index contributed by atoms with van der Waals surface area (Å²) in [6.45, 7) is 2.09. The van der Waals surface area contributed by atoms with E-state index < -0.39 is 17.7 Å². The number of carbonyl (C=O) groups is 3. The second-order valence-corrected chi connectivity index (χ2v) is 1.44. The molecule has 5 heteroatoms. The van der Waals surface area contributed by atoms with Crippen LogP contribution in [0.1, 0.15) is 13.8 Å². The van der Waals surface area contributed by atoms with Crippen LogP contribution in [-0.4, -0.2) is 17.7 Å². The molecular weight excluding hydrogens is 263 g/mol. The second kappa shape index (κ2) is 5.76. The summed E-state index contributed by atoms with van der Waals surface area (Å²) in [5, 5.41) is 0. The Hall–Kier alpha value is 0.00481. The molecule has 4 nitrogen and oxygen atoms in total. The van der Waals surface area contributed by atoms with Crippen molar-refractivity contribution >= 4 is 17.7 Å². The van der Waals surface area contributed by atoms with Gasteiger partial charge in [0.15, 0.2) is 0 Å². The first kappa shape index (κ1) is 12.7. The maximum Gasteiger partial charge on any atom is 0.381 e. The zero-order valence-corrected chi connectivity index (χ0v) is 9.34. The van der Waals surface area contributed by atoms with E-state index in [1.807, 2.05) is 0 Å². The van der Waals surface area contributed by atoms with Crippen molar-refractivity contribution in [1.82, 2.24) is 0 Å². The normalized spacial score (nSPS) is 7.40. The maximum absolute atomic E-state index is 10.2.